The van der Waals surface area contributed by atoms with Crippen molar-refractivity contribution in [3.05, 3.63) is 24.0 Å². The van der Waals surface area contributed by atoms with Crippen LogP contribution in [0, 0.1) is 0 Å². The van der Waals surface area contributed by atoms with Crippen molar-refractivity contribution in [2.45, 2.75) is 19.8 Å². The number of amides is 1. The van der Waals surface area contributed by atoms with E-state index in [-0.39, 0.29) is 17.4 Å². The van der Waals surface area contributed by atoms with Crippen LogP contribution in [0.1, 0.15) is 30.3 Å². The summed E-state index contributed by atoms with van der Waals surface area (Å²) in [5.74, 6) is -0.501. The highest BCUT2D eigenvalue weighted by molar-refractivity contribution is 5.94. The molecular weight excluding hydrogens is 220 g/mol. The summed E-state index contributed by atoms with van der Waals surface area (Å²) < 4.78 is 5.29. The van der Waals surface area contributed by atoms with E-state index in [0.717, 1.165) is 12.8 Å². The topological polar surface area (TPSA) is 71.5 Å². The van der Waals surface area contributed by atoms with E-state index in [0.29, 0.717) is 19.8 Å². The van der Waals surface area contributed by atoms with Crippen molar-refractivity contribution < 1.29 is 14.6 Å². The number of pyridine rings is 1. The Balaban J connectivity index is 2.24. The molecule has 1 rings (SSSR count). The highest BCUT2D eigenvalue weighted by atomic mass is 16.5. The molecule has 0 aliphatic rings. The van der Waals surface area contributed by atoms with Crippen molar-refractivity contribution in [2.75, 3.05) is 19.8 Å². The minimum Gasteiger partial charge on any atom is -0.505 e. The lowest BCUT2D eigenvalue weighted by Gasteiger charge is -2.06. The molecule has 0 aliphatic heterocycles. The number of rotatable bonds is 7. The van der Waals surface area contributed by atoms with Gasteiger partial charge in [0.2, 0.25) is 0 Å². The molecule has 0 aromatic carbocycles. The second-order valence-corrected chi connectivity index (χ2v) is 3.59. The largest absolute Gasteiger partial charge is 0.505 e. The number of hydrogen-bond acceptors (Lipinski definition) is 4. The van der Waals surface area contributed by atoms with Gasteiger partial charge < -0.3 is 15.2 Å². The fourth-order valence-electron chi connectivity index (χ4n) is 1.24. The Bertz CT molecular complexity index is 355. The molecule has 1 aromatic rings. The number of unbranched alkanes of at least 4 members (excludes halogenated alkanes) is 1. The maximum atomic E-state index is 11.6. The van der Waals surface area contributed by atoms with Crippen LogP contribution in [0.25, 0.3) is 0 Å². The van der Waals surface area contributed by atoms with E-state index < -0.39 is 0 Å². The molecule has 1 heterocycles. The molecule has 5 heteroatoms. The molecule has 17 heavy (non-hydrogen) atoms. The van der Waals surface area contributed by atoms with Crippen molar-refractivity contribution in [1.82, 2.24) is 10.3 Å². The third-order valence-electron chi connectivity index (χ3n) is 2.18. The van der Waals surface area contributed by atoms with Crippen molar-refractivity contribution in [2.24, 2.45) is 0 Å². The number of nitrogens with zero attached hydrogens (tertiary/aromatic N) is 1. The normalized spacial score (nSPS) is 10.2. The van der Waals surface area contributed by atoms with Crippen LogP contribution < -0.4 is 5.32 Å². The van der Waals surface area contributed by atoms with Crippen LogP contribution in [0.4, 0.5) is 0 Å². The van der Waals surface area contributed by atoms with Crippen LogP contribution in [-0.2, 0) is 4.74 Å². The van der Waals surface area contributed by atoms with E-state index in [1.54, 1.807) is 6.07 Å². The highest BCUT2D eigenvalue weighted by Gasteiger charge is 2.10. The molecule has 94 valence electrons. The first kappa shape index (κ1) is 13.4. The molecule has 0 radical (unpaired) electrons. The molecule has 0 aliphatic carbocycles. The van der Waals surface area contributed by atoms with E-state index in [9.17, 15) is 9.90 Å². The monoisotopic (exact) mass is 238 g/mol. The van der Waals surface area contributed by atoms with E-state index in [1.807, 2.05) is 0 Å². The minimum absolute atomic E-state index is 0.0426. The van der Waals surface area contributed by atoms with Gasteiger partial charge in [0.05, 0.1) is 6.61 Å². The van der Waals surface area contributed by atoms with Crippen molar-refractivity contribution in [3.8, 4) is 5.75 Å². The van der Waals surface area contributed by atoms with E-state index in [1.165, 1.54) is 12.3 Å². The summed E-state index contributed by atoms with van der Waals surface area (Å²) in [5.41, 5.74) is 0.0426. The summed E-state index contributed by atoms with van der Waals surface area (Å²) in [4.78, 5) is 15.4. The van der Waals surface area contributed by atoms with Gasteiger partial charge in [-0.25, -0.2) is 4.98 Å². The Kier molecular flexibility index (Phi) is 6.03. The second-order valence-electron chi connectivity index (χ2n) is 3.59. The Morgan fingerprint density at radius 3 is 3.06 bits per heavy atom. The Morgan fingerprint density at radius 1 is 1.53 bits per heavy atom. The van der Waals surface area contributed by atoms with Gasteiger partial charge in [0.25, 0.3) is 5.91 Å². The Hall–Kier alpha value is -1.62. The number of carbonyl (C=O) groups is 1. The summed E-state index contributed by atoms with van der Waals surface area (Å²) in [5, 5.41) is 12.0. The molecule has 0 spiro atoms. The van der Waals surface area contributed by atoms with Gasteiger partial charge in [0, 0.05) is 19.3 Å². The first-order chi connectivity index (χ1) is 8.25. The van der Waals surface area contributed by atoms with E-state index >= 15 is 0 Å². The van der Waals surface area contributed by atoms with Gasteiger partial charge >= 0.3 is 0 Å². The number of carbonyl (C=O) groups excluding carboxylic acids is 1. The van der Waals surface area contributed by atoms with Gasteiger partial charge in [-0.1, -0.05) is 13.3 Å². The fraction of sp³-hybridized carbons (Fsp3) is 0.500. The molecule has 5 nitrogen and oxygen atoms in total. The van der Waals surface area contributed by atoms with Gasteiger partial charge in [-0.3, -0.25) is 4.79 Å². The molecule has 0 fully saturated rings. The van der Waals surface area contributed by atoms with Crippen LogP contribution in [0.5, 0.6) is 5.75 Å². The second kappa shape index (κ2) is 7.62. The SMILES string of the molecule is CCCCOCCNC(=O)c1ncccc1O. The quantitative estimate of drug-likeness (QED) is 0.703. The number of hydrogen-bond donors (Lipinski definition) is 2. The number of nitrogens with one attached hydrogen (secondary N) is 1. The molecule has 0 atom stereocenters. The van der Waals surface area contributed by atoms with E-state index in [4.69, 9.17) is 4.74 Å². The third kappa shape index (κ3) is 4.82. The van der Waals surface area contributed by atoms with Crippen molar-refractivity contribution in [3.63, 3.8) is 0 Å². The molecule has 1 aromatic heterocycles. The summed E-state index contributed by atoms with van der Waals surface area (Å²) in [7, 11) is 0. The van der Waals surface area contributed by atoms with Crippen LogP contribution >= 0.6 is 0 Å². The molecule has 2 N–H and O–H groups in total. The van der Waals surface area contributed by atoms with Gasteiger partial charge in [-0.2, -0.15) is 0 Å². The van der Waals surface area contributed by atoms with Crippen LogP contribution in [0.3, 0.4) is 0 Å². The molecule has 0 saturated heterocycles. The lowest BCUT2D eigenvalue weighted by molar-refractivity contribution is 0.0905. The lowest BCUT2D eigenvalue weighted by Crippen LogP contribution is -2.28. The summed E-state index contributed by atoms with van der Waals surface area (Å²) in [6.45, 7) is 3.69. The average Bonchev–Trinajstić information content (AvgIpc) is 2.34. The summed E-state index contributed by atoms with van der Waals surface area (Å²) in [6.07, 6.45) is 3.58. The fourth-order valence-corrected chi connectivity index (χ4v) is 1.24. The molecule has 1 amide bonds. The van der Waals surface area contributed by atoms with Crippen molar-refractivity contribution >= 4 is 5.91 Å². The Morgan fingerprint density at radius 2 is 2.35 bits per heavy atom. The minimum atomic E-state index is -0.387. The Labute approximate surface area is 101 Å². The molecular formula is C12H18N2O3. The predicted octanol–water partition coefficient (Wildman–Crippen LogP) is 1.33. The molecule has 0 bridgehead atoms. The van der Waals surface area contributed by atoms with Gasteiger partial charge in [-0.05, 0) is 18.6 Å². The maximum absolute atomic E-state index is 11.6. The van der Waals surface area contributed by atoms with Crippen molar-refractivity contribution in [1.29, 1.82) is 0 Å². The van der Waals surface area contributed by atoms with E-state index in [2.05, 4.69) is 17.2 Å². The first-order valence-corrected chi connectivity index (χ1v) is 5.75. The van der Waals surface area contributed by atoms with Crippen LogP contribution in [-0.4, -0.2) is 35.8 Å². The first-order valence-electron chi connectivity index (χ1n) is 5.75. The molecule has 0 unspecified atom stereocenters. The van der Waals surface area contributed by atoms with Gasteiger partial charge in [0.1, 0.15) is 5.75 Å². The average molecular weight is 238 g/mol. The lowest BCUT2D eigenvalue weighted by atomic mass is 10.3. The summed E-state index contributed by atoms with van der Waals surface area (Å²) in [6, 6.07) is 3.00. The van der Waals surface area contributed by atoms with Gasteiger partial charge in [0.15, 0.2) is 5.69 Å². The van der Waals surface area contributed by atoms with Crippen LogP contribution in [0.15, 0.2) is 18.3 Å². The summed E-state index contributed by atoms with van der Waals surface area (Å²) >= 11 is 0. The number of aromatic hydroxyl groups is 1. The maximum Gasteiger partial charge on any atom is 0.273 e. The zero-order chi connectivity index (χ0) is 12.5. The predicted molar refractivity (Wildman–Crippen MR) is 64.0 cm³/mol. The smallest absolute Gasteiger partial charge is 0.273 e. The van der Waals surface area contributed by atoms with Crippen LogP contribution in [0.2, 0.25) is 0 Å². The number of ether oxygens (including phenoxy) is 1. The zero-order valence-corrected chi connectivity index (χ0v) is 9.98. The number of aromatic nitrogens is 1. The van der Waals surface area contributed by atoms with Gasteiger partial charge in [-0.15, -0.1) is 0 Å². The standard InChI is InChI=1S/C12H18N2O3/c1-2-3-8-17-9-7-14-12(16)11-10(15)5-4-6-13-11/h4-6,15H,2-3,7-9H2,1H3,(H,14,16). The zero-order valence-electron chi connectivity index (χ0n) is 9.98. The highest BCUT2D eigenvalue weighted by Crippen LogP contribution is 2.11. The third-order valence-corrected chi connectivity index (χ3v) is 2.18. The molecule has 0 saturated carbocycles.